The Morgan fingerprint density at radius 2 is 1.92 bits per heavy atom. The van der Waals surface area contributed by atoms with E-state index in [0.29, 0.717) is 32.5 Å². The average molecular weight is 348 g/mol. The van der Waals surface area contributed by atoms with Gasteiger partial charge in [-0.1, -0.05) is 26.8 Å². The molecule has 0 saturated heterocycles. The smallest absolute Gasteiger partial charge is 0.231 e. The Kier molecular flexibility index (Phi) is 6.28. The Morgan fingerprint density at radius 1 is 1.20 bits per heavy atom. The minimum Gasteiger partial charge on any atom is -0.454 e. The lowest BCUT2D eigenvalue weighted by atomic mass is 9.96. The highest BCUT2D eigenvalue weighted by molar-refractivity contribution is 5.81. The first-order valence-corrected chi connectivity index (χ1v) is 8.76. The highest BCUT2D eigenvalue weighted by Gasteiger charge is 2.21. The van der Waals surface area contributed by atoms with Crippen LogP contribution >= 0.6 is 0 Å². The maximum Gasteiger partial charge on any atom is 0.231 e. The maximum absolute atomic E-state index is 12.4. The molecule has 6 nitrogen and oxygen atoms in total. The quantitative estimate of drug-likeness (QED) is 0.769. The van der Waals surface area contributed by atoms with Crippen molar-refractivity contribution in [2.24, 2.45) is 5.41 Å². The standard InChI is InChI=1S/C19H28N2O4/c1-5-21(12-14-8-9-15-16(11-14)25-13-24-15)17(22)7-6-10-20-18(23)19(2,3)4/h8-9,11H,5-7,10,12-13H2,1-4H3,(H,20,23). The zero-order chi connectivity index (χ0) is 18.4. The van der Waals surface area contributed by atoms with Crippen LogP contribution in [0.25, 0.3) is 0 Å². The van der Waals surface area contributed by atoms with Gasteiger partial charge >= 0.3 is 0 Å². The Hall–Kier alpha value is -2.24. The third kappa shape index (κ3) is 5.37. The van der Waals surface area contributed by atoms with E-state index in [4.69, 9.17) is 9.47 Å². The number of hydrogen-bond acceptors (Lipinski definition) is 4. The molecular formula is C19H28N2O4. The molecule has 2 amide bonds. The minimum absolute atomic E-state index is 0.00709. The second-order valence-electron chi connectivity index (χ2n) is 7.20. The van der Waals surface area contributed by atoms with Crippen molar-refractivity contribution < 1.29 is 19.1 Å². The molecule has 138 valence electrons. The monoisotopic (exact) mass is 348 g/mol. The number of rotatable bonds is 7. The number of carbonyl (C=O) groups excluding carboxylic acids is 2. The Bertz CT molecular complexity index is 622. The van der Waals surface area contributed by atoms with E-state index in [1.165, 1.54) is 0 Å². The van der Waals surface area contributed by atoms with Crippen LogP contribution in [-0.4, -0.2) is 36.6 Å². The second kappa shape index (κ2) is 8.23. The van der Waals surface area contributed by atoms with Crippen LogP contribution in [0.4, 0.5) is 0 Å². The summed E-state index contributed by atoms with van der Waals surface area (Å²) in [5.41, 5.74) is 0.610. The molecule has 1 aromatic carbocycles. The van der Waals surface area contributed by atoms with Crippen molar-refractivity contribution in [1.82, 2.24) is 10.2 Å². The zero-order valence-corrected chi connectivity index (χ0v) is 15.6. The van der Waals surface area contributed by atoms with Gasteiger partial charge < -0.3 is 19.7 Å². The molecule has 0 bridgehead atoms. The molecule has 0 aromatic heterocycles. The van der Waals surface area contributed by atoms with Crippen molar-refractivity contribution in [3.63, 3.8) is 0 Å². The van der Waals surface area contributed by atoms with Gasteiger partial charge in [-0.05, 0) is 31.0 Å². The van der Waals surface area contributed by atoms with Gasteiger partial charge in [0.25, 0.3) is 0 Å². The van der Waals surface area contributed by atoms with Gasteiger partial charge in [0, 0.05) is 31.5 Å². The molecule has 1 aromatic rings. The van der Waals surface area contributed by atoms with Crippen LogP contribution in [0.3, 0.4) is 0 Å². The van der Waals surface area contributed by atoms with Crippen molar-refractivity contribution in [3.05, 3.63) is 23.8 Å². The Labute approximate surface area is 149 Å². The summed E-state index contributed by atoms with van der Waals surface area (Å²) >= 11 is 0. The second-order valence-corrected chi connectivity index (χ2v) is 7.20. The van der Waals surface area contributed by atoms with E-state index < -0.39 is 5.41 Å². The van der Waals surface area contributed by atoms with Gasteiger partial charge in [-0.3, -0.25) is 9.59 Å². The van der Waals surface area contributed by atoms with Gasteiger partial charge in [-0.15, -0.1) is 0 Å². The number of benzene rings is 1. The van der Waals surface area contributed by atoms with Crippen molar-refractivity contribution in [1.29, 1.82) is 0 Å². The first kappa shape index (κ1) is 19.1. The van der Waals surface area contributed by atoms with Crippen LogP contribution in [-0.2, 0) is 16.1 Å². The number of carbonyl (C=O) groups is 2. The van der Waals surface area contributed by atoms with Crippen molar-refractivity contribution in [2.45, 2.75) is 47.1 Å². The molecule has 1 N–H and O–H groups in total. The molecule has 1 aliphatic rings. The highest BCUT2D eigenvalue weighted by Crippen LogP contribution is 2.32. The lowest BCUT2D eigenvalue weighted by Crippen LogP contribution is -2.36. The third-order valence-electron chi connectivity index (χ3n) is 4.08. The molecule has 0 fully saturated rings. The summed E-state index contributed by atoms with van der Waals surface area (Å²) in [6.07, 6.45) is 1.06. The third-order valence-corrected chi connectivity index (χ3v) is 4.08. The number of amides is 2. The van der Waals surface area contributed by atoms with Gasteiger partial charge in [0.15, 0.2) is 11.5 Å². The zero-order valence-electron chi connectivity index (χ0n) is 15.6. The van der Waals surface area contributed by atoms with E-state index in [1.54, 1.807) is 0 Å². The minimum atomic E-state index is -0.404. The molecule has 2 rings (SSSR count). The van der Waals surface area contributed by atoms with E-state index >= 15 is 0 Å². The maximum atomic E-state index is 12.4. The van der Waals surface area contributed by atoms with Crippen LogP contribution in [0, 0.1) is 5.41 Å². The molecule has 0 saturated carbocycles. The van der Waals surface area contributed by atoms with Crippen molar-refractivity contribution in [3.8, 4) is 11.5 Å². The fourth-order valence-electron chi connectivity index (χ4n) is 2.50. The predicted molar refractivity (Wildman–Crippen MR) is 95.4 cm³/mol. The summed E-state index contributed by atoms with van der Waals surface area (Å²) in [7, 11) is 0. The van der Waals surface area contributed by atoms with Crippen molar-refractivity contribution in [2.75, 3.05) is 19.9 Å². The molecule has 1 aliphatic heterocycles. The summed E-state index contributed by atoms with van der Waals surface area (Å²) in [6, 6.07) is 5.74. The van der Waals surface area contributed by atoms with E-state index in [2.05, 4.69) is 5.32 Å². The molecule has 1 heterocycles. The normalized spacial score (nSPS) is 12.8. The molecule has 25 heavy (non-hydrogen) atoms. The van der Waals surface area contributed by atoms with Crippen LogP contribution in [0.1, 0.15) is 46.1 Å². The number of hydrogen-bond donors (Lipinski definition) is 1. The van der Waals surface area contributed by atoms with Crippen LogP contribution in [0.15, 0.2) is 18.2 Å². The first-order chi connectivity index (χ1) is 11.8. The van der Waals surface area contributed by atoms with Gasteiger partial charge in [-0.25, -0.2) is 0 Å². The SMILES string of the molecule is CCN(Cc1ccc2c(c1)OCO2)C(=O)CCCNC(=O)C(C)(C)C. The molecular weight excluding hydrogens is 320 g/mol. The summed E-state index contributed by atoms with van der Waals surface area (Å²) in [5, 5.41) is 2.87. The number of nitrogens with one attached hydrogen (secondary N) is 1. The Morgan fingerprint density at radius 3 is 2.60 bits per heavy atom. The van der Waals surface area contributed by atoms with Gasteiger partial charge in [-0.2, -0.15) is 0 Å². The van der Waals surface area contributed by atoms with Crippen LogP contribution < -0.4 is 14.8 Å². The highest BCUT2D eigenvalue weighted by atomic mass is 16.7. The number of fused-ring (bicyclic) bond motifs is 1. The molecule has 0 spiro atoms. The lowest BCUT2D eigenvalue weighted by molar-refractivity contribution is -0.132. The number of nitrogens with zero attached hydrogens (tertiary/aromatic N) is 1. The molecule has 6 heteroatoms. The molecule has 0 atom stereocenters. The number of ether oxygens (including phenoxy) is 2. The van der Waals surface area contributed by atoms with Gasteiger partial charge in [0.2, 0.25) is 18.6 Å². The van der Waals surface area contributed by atoms with Crippen LogP contribution in [0.5, 0.6) is 11.5 Å². The van der Waals surface area contributed by atoms with Crippen molar-refractivity contribution >= 4 is 11.8 Å². The predicted octanol–water partition coefficient (Wildman–Crippen LogP) is 2.71. The summed E-state index contributed by atoms with van der Waals surface area (Å²) in [4.78, 5) is 26.0. The summed E-state index contributed by atoms with van der Waals surface area (Å²) < 4.78 is 10.7. The van der Waals surface area contributed by atoms with Gasteiger partial charge in [0.1, 0.15) is 0 Å². The molecule has 0 unspecified atom stereocenters. The summed E-state index contributed by atoms with van der Waals surface area (Å²) in [6.45, 7) is 9.53. The largest absolute Gasteiger partial charge is 0.454 e. The fourth-order valence-corrected chi connectivity index (χ4v) is 2.50. The average Bonchev–Trinajstić information content (AvgIpc) is 3.02. The van der Waals surface area contributed by atoms with E-state index in [1.807, 2.05) is 50.8 Å². The van der Waals surface area contributed by atoms with E-state index in [9.17, 15) is 9.59 Å². The topological polar surface area (TPSA) is 67.9 Å². The molecule has 0 aliphatic carbocycles. The van der Waals surface area contributed by atoms with Crippen LogP contribution in [0.2, 0.25) is 0 Å². The Balaban J connectivity index is 1.80. The first-order valence-electron chi connectivity index (χ1n) is 8.76. The van der Waals surface area contributed by atoms with E-state index in [0.717, 1.165) is 17.1 Å². The fraction of sp³-hybridized carbons (Fsp3) is 0.579. The molecule has 0 radical (unpaired) electrons. The van der Waals surface area contributed by atoms with E-state index in [-0.39, 0.29) is 18.6 Å². The lowest BCUT2D eigenvalue weighted by Gasteiger charge is -2.22. The van der Waals surface area contributed by atoms with Gasteiger partial charge in [0.05, 0.1) is 0 Å². The summed E-state index contributed by atoms with van der Waals surface area (Å²) in [5.74, 6) is 1.57.